The number of nitrogens with one attached hydrogen (secondary N) is 1. The third-order valence-corrected chi connectivity index (χ3v) is 2.21. The molecule has 0 unspecified atom stereocenters. The van der Waals surface area contributed by atoms with Crippen LogP contribution < -0.4 is 5.32 Å². The summed E-state index contributed by atoms with van der Waals surface area (Å²) < 4.78 is 0. The van der Waals surface area contributed by atoms with E-state index in [0.717, 1.165) is 0 Å². The zero-order chi connectivity index (χ0) is 13.5. The summed E-state index contributed by atoms with van der Waals surface area (Å²) in [6, 6.07) is 5.91. The maximum atomic E-state index is 10.7. The molecule has 0 aliphatic rings. The van der Waals surface area contributed by atoms with E-state index >= 15 is 0 Å². The normalized spacial score (nSPS) is 9.50. The lowest BCUT2D eigenvalue weighted by molar-refractivity contribution is -0.385. The average Bonchev–Trinajstić information content (AvgIpc) is 2.34. The van der Waals surface area contributed by atoms with E-state index in [-0.39, 0.29) is 17.7 Å². The minimum atomic E-state index is -0.886. The summed E-state index contributed by atoms with van der Waals surface area (Å²) in [4.78, 5) is 20.4. The van der Waals surface area contributed by atoms with E-state index in [0.29, 0.717) is 18.7 Å². The van der Waals surface area contributed by atoms with Crippen LogP contribution in [-0.2, 0) is 4.79 Å². The lowest BCUT2D eigenvalue weighted by Crippen LogP contribution is -2.05. The molecule has 0 spiro atoms. The summed E-state index contributed by atoms with van der Waals surface area (Å²) in [6.45, 7) is 0.398. The SMILES string of the molecule is N#Cc1ccc(NCCCC(=O)O)cc1[N+](=O)[O-]. The number of carboxylic acids is 1. The maximum absolute atomic E-state index is 10.7. The van der Waals surface area contributed by atoms with Crippen LogP contribution in [0.15, 0.2) is 18.2 Å². The van der Waals surface area contributed by atoms with Crippen molar-refractivity contribution in [3.8, 4) is 6.07 Å². The number of nitro benzene ring substituents is 1. The van der Waals surface area contributed by atoms with Crippen LogP contribution in [0.25, 0.3) is 0 Å². The van der Waals surface area contributed by atoms with Gasteiger partial charge in [-0.2, -0.15) is 5.26 Å². The Kier molecular flexibility index (Phi) is 4.63. The number of hydrogen-bond donors (Lipinski definition) is 2. The molecule has 0 fully saturated rings. The molecule has 7 heteroatoms. The molecule has 0 aliphatic carbocycles. The molecular formula is C11H11N3O4. The fourth-order valence-electron chi connectivity index (χ4n) is 1.36. The quantitative estimate of drug-likeness (QED) is 0.450. The van der Waals surface area contributed by atoms with Gasteiger partial charge in [-0.05, 0) is 18.6 Å². The molecule has 0 atom stereocenters. The molecule has 1 rings (SSSR count). The number of anilines is 1. The maximum Gasteiger partial charge on any atom is 0.303 e. The number of carbonyl (C=O) groups is 1. The van der Waals surface area contributed by atoms with Crippen molar-refractivity contribution in [3.05, 3.63) is 33.9 Å². The largest absolute Gasteiger partial charge is 0.481 e. The van der Waals surface area contributed by atoms with Gasteiger partial charge in [0.2, 0.25) is 0 Å². The number of nitro groups is 1. The van der Waals surface area contributed by atoms with E-state index in [4.69, 9.17) is 10.4 Å². The van der Waals surface area contributed by atoms with Crippen LogP contribution in [0.2, 0.25) is 0 Å². The fraction of sp³-hybridized carbons (Fsp3) is 0.273. The molecule has 0 radical (unpaired) electrons. The number of aliphatic carboxylic acids is 1. The Morgan fingerprint density at radius 2 is 2.28 bits per heavy atom. The standard InChI is InChI=1S/C11H11N3O4/c12-7-8-3-4-9(6-10(8)14(17)18)13-5-1-2-11(15)16/h3-4,6,13H,1-2,5H2,(H,15,16). The van der Waals surface area contributed by atoms with E-state index in [1.165, 1.54) is 12.1 Å². The first-order chi connectivity index (χ1) is 8.54. The van der Waals surface area contributed by atoms with Gasteiger partial charge in [-0.15, -0.1) is 0 Å². The molecule has 0 bridgehead atoms. The third kappa shape index (κ3) is 3.75. The summed E-state index contributed by atoms with van der Waals surface area (Å²) in [5.41, 5.74) is 0.225. The van der Waals surface area contributed by atoms with Crippen LogP contribution in [0.5, 0.6) is 0 Å². The molecule has 0 heterocycles. The number of rotatable bonds is 6. The monoisotopic (exact) mass is 249 g/mol. The Morgan fingerprint density at radius 3 is 2.83 bits per heavy atom. The van der Waals surface area contributed by atoms with Crippen LogP contribution in [0, 0.1) is 21.4 Å². The van der Waals surface area contributed by atoms with Crippen molar-refractivity contribution in [2.24, 2.45) is 0 Å². The highest BCUT2D eigenvalue weighted by Crippen LogP contribution is 2.22. The van der Waals surface area contributed by atoms with Gasteiger partial charge in [-0.3, -0.25) is 14.9 Å². The molecular weight excluding hydrogens is 238 g/mol. The van der Waals surface area contributed by atoms with Crippen molar-refractivity contribution < 1.29 is 14.8 Å². The molecule has 2 N–H and O–H groups in total. The summed E-state index contributed by atoms with van der Waals surface area (Å²) in [7, 11) is 0. The van der Waals surface area contributed by atoms with Crippen LogP contribution in [0.1, 0.15) is 18.4 Å². The van der Waals surface area contributed by atoms with Crippen molar-refractivity contribution in [1.82, 2.24) is 0 Å². The summed E-state index contributed by atoms with van der Waals surface area (Å²) in [6.07, 6.45) is 0.453. The molecule has 7 nitrogen and oxygen atoms in total. The van der Waals surface area contributed by atoms with E-state index in [2.05, 4.69) is 5.32 Å². The molecule has 94 valence electrons. The molecule has 0 saturated carbocycles. The predicted octanol–water partition coefficient (Wildman–Crippen LogP) is 1.74. The van der Waals surface area contributed by atoms with E-state index in [1.54, 1.807) is 12.1 Å². The highest BCUT2D eigenvalue weighted by atomic mass is 16.6. The van der Waals surface area contributed by atoms with Crippen molar-refractivity contribution in [2.45, 2.75) is 12.8 Å². The molecule has 18 heavy (non-hydrogen) atoms. The van der Waals surface area contributed by atoms with Crippen LogP contribution >= 0.6 is 0 Å². The summed E-state index contributed by atoms with van der Waals surface area (Å²) in [5.74, 6) is -0.886. The first kappa shape index (κ1) is 13.4. The number of carboxylic acid groups (broad SMARTS) is 1. The molecule has 1 aromatic rings. The Hall–Kier alpha value is -2.62. The number of nitriles is 1. The van der Waals surface area contributed by atoms with Crippen LogP contribution in [0.4, 0.5) is 11.4 Å². The second-order valence-electron chi connectivity index (χ2n) is 3.52. The number of benzene rings is 1. The van der Waals surface area contributed by atoms with Gasteiger partial charge in [0.1, 0.15) is 11.6 Å². The zero-order valence-electron chi connectivity index (χ0n) is 9.42. The second-order valence-corrected chi connectivity index (χ2v) is 3.52. The predicted molar refractivity (Wildman–Crippen MR) is 63.2 cm³/mol. The van der Waals surface area contributed by atoms with Gasteiger partial charge < -0.3 is 10.4 Å². The smallest absolute Gasteiger partial charge is 0.303 e. The fourth-order valence-corrected chi connectivity index (χ4v) is 1.36. The van der Waals surface area contributed by atoms with Gasteiger partial charge in [0, 0.05) is 24.7 Å². The van der Waals surface area contributed by atoms with Gasteiger partial charge >= 0.3 is 5.97 Å². The average molecular weight is 249 g/mol. The topological polar surface area (TPSA) is 116 Å². The van der Waals surface area contributed by atoms with Crippen LogP contribution in [0.3, 0.4) is 0 Å². The first-order valence-electron chi connectivity index (χ1n) is 5.19. The van der Waals surface area contributed by atoms with Gasteiger partial charge in [0.05, 0.1) is 4.92 Å². The molecule has 1 aromatic carbocycles. The second kappa shape index (κ2) is 6.20. The molecule has 0 amide bonds. The third-order valence-electron chi connectivity index (χ3n) is 2.21. The van der Waals surface area contributed by atoms with Crippen LogP contribution in [-0.4, -0.2) is 22.5 Å². The van der Waals surface area contributed by atoms with Crippen molar-refractivity contribution >= 4 is 17.3 Å². The molecule has 0 aliphatic heterocycles. The minimum Gasteiger partial charge on any atom is -0.481 e. The minimum absolute atomic E-state index is 0.00362. The molecule has 0 saturated heterocycles. The highest BCUT2D eigenvalue weighted by Gasteiger charge is 2.13. The lowest BCUT2D eigenvalue weighted by Gasteiger charge is -2.05. The van der Waals surface area contributed by atoms with E-state index in [1.807, 2.05) is 0 Å². The van der Waals surface area contributed by atoms with Gasteiger partial charge in [0.25, 0.3) is 5.69 Å². The highest BCUT2D eigenvalue weighted by molar-refractivity contribution is 5.66. The number of hydrogen-bond acceptors (Lipinski definition) is 5. The Labute approximate surface area is 103 Å². The van der Waals surface area contributed by atoms with Crippen molar-refractivity contribution in [2.75, 3.05) is 11.9 Å². The summed E-state index contributed by atoms with van der Waals surface area (Å²) in [5, 5.41) is 30.7. The van der Waals surface area contributed by atoms with E-state index < -0.39 is 10.9 Å². The Bertz CT molecular complexity index is 508. The van der Waals surface area contributed by atoms with Gasteiger partial charge in [-0.25, -0.2) is 0 Å². The summed E-state index contributed by atoms with van der Waals surface area (Å²) >= 11 is 0. The molecule has 0 aromatic heterocycles. The van der Waals surface area contributed by atoms with Gasteiger partial charge in [0.15, 0.2) is 0 Å². The van der Waals surface area contributed by atoms with Crippen molar-refractivity contribution in [3.63, 3.8) is 0 Å². The van der Waals surface area contributed by atoms with Gasteiger partial charge in [-0.1, -0.05) is 0 Å². The first-order valence-corrected chi connectivity index (χ1v) is 5.19. The number of nitrogens with zero attached hydrogens (tertiary/aromatic N) is 2. The Morgan fingerprint density at radius 1 is 1.56 bits per heavy atom. The van der Waals surface area contributed by atoms with E-state index in [9.17, 15) is 14.9 Å². The zero-order valence-corrected chi connectivity index (χ0v) is 9.42. The lowest BCUT2D eigenvalue weighted by atomic mass is 10.1. The Balaban J connectivity index is 2.68. The van der Waals surface area contributed by atoms with Crippen molar-refractivity contribution in [1.29, 1.82) is 5.26 Å².